The van der Waals surface area contributed by atoms with E-state index in [-0.39, 0.29) is 0 Å². The Kier molecular flexibility index (Phi) is 3.43. The summed E-state index contributed by atoms with van der Waals surface area (Å²) in [7, 11) is 0. The average molecular weight is 272 g/mol. The highest BCUT2D eigenvalue weighted by atomic mass is 79.9. The van der Waals surface area contributed by atoms with Crippen molar-refractivity contribution in [2.24, 2.45) is 5.92 Å². The van der Waals surface area contributed by atoms with Crippen molar-refractivity contribution in [3.8, 4) is 0 Å². The topological polar surface area (TPSA) is 60.2 Å². The van der Waals surface area contributed by atoms with Crippen molar-refractivity contribution in [1.82, 2.24) is 4.98 Å². The number of anilines is 2. The van der Waals surface area contributed by atoms with E-state index in [1.54, 1.807) is 6.20 Å². The van der Waals surface area contributed by atoms with Gasteiger partial charge in [0.2, 0.25) is 0 Å². The van der Waals surface area contributed by atoms with E-state index in [0.29, 0.717) is 11.6 Å². The lowest BCUT2D eigenvalue weighted by molar-refractivity contribution is 0.187. The number of nitrogens with two attached hydrogens (primary N) is 1. The Morgan fingerprint density at radius 1 is 1.67 bits per heavy atom. The van der Waals surface area contributed by atoms with E-state index in [4.69, 9.17) is 10.5 Å². The average Bonchev–Trinajstić information content (AvgIpc) is 2.69. The van der Waals surface area contributed by atoms with Gasteiger partial charge in [-0.05, 0) is 28.4 Å². The maximum Gasteiger partial charge on any atom is 0.149 e. The molecule has 1 unspecified atom stereocenters. The van der Waals surface area contributed by atoms with Crippen molar-refractivity contribution >= 4 is 27.4 Å². The van der Waals surface area contributed by atoms with E-state index in [0.717, 1.165) is 36.5 Å². The maximum atomic E-state index is 5.82. The number of pyridine rings is 1. The van der Waals surface area contributed by atoms with Crippen molar-refractivity contribution in [2.45, 2.75) is 6.42 Å². The van der Waals surface area contributed by atoms with Gasteiger partial charge in [0.05, 0.1) is 12.3 Å². The summed E-state index contributed by atoms with van der Waals surface area (Å²) in [6.45, 7) is 2.58. The van der Waals surface area contributed by atoms with Gasteiger partial charge in [0.15, 0.2) is 0 Å². The fourth-order valence-electron chi connectivity index (χ4n) is 1.59. The van der Waals surface area contributed by atoms with Gasteiger partial charge in [-0.1, -0.05) is 0 Å². The standard InChI is InChI=1S/C10H14BrN3O/c11-8-3-9(12)10(14-5-8)13-4-7-1-2-15-6-7/h3,5,7H,1-2,4,6,12H2,(H,13,14). The molecule has 1 saturated heterocycles. The number of hydrogen-bond acceptors (Lipinski definition) is 4. The molecule has 0 amide bonds. The Morgan fingerprint density at radius 3 is 3.20 bits per heavy atom. The van der Waals surface area contributed by atoms with Gasteiger partial charge in [-0.2, -0.15) is 0 Å². The molecule has 5 heteroatoms. The zero-order chi connectivity index (χ0) is 10.7. The molecule has 3 N–H and O–H groups in total. The first-order chi connectivity index (χ1) is 7.25. The summed E-state index contributed by atoms with van der Waals surface area (Å²) in [6.07, 6.45) is 2.85. The summed E-state index contributed by atoms with van der Waals surface area (Å²) in [5.41, 5.74) is 6.49. The third-order valence-electron chi connectivity index (χ3n) is 2.47. The van der Waals surface area contributed by atoms with Gasteiger partial charge in [-0.25, -0.2) is 4.98 Å². The highest BCUT2D eigenvalue weighted by molar-refractivity contribution is 9.10. The fraction of sp³-hybridized carbons (Fsp3) is 0.500. The van der Waals surface area contributed by atoms with Gasteiger partial charge in [-0.3, -0.25) is 0 Å². The summed E-state index contributed by atoms with van der Waals surface area (Å²) in [4.78, 5) is 4.21. The van der Waals surface area contributed by atoms with Crippen LogP contribution < -0.4 is 11.1 Å². The highest BCUT2D eigenvalue weighted by Gasteiger charge is 2.15. The van der Waals surface area contributed by atoms with Crippen molar-refractivity contribution < 1.29 is 4.74 Å². The molecule has 1 fully saturated rings. The molecule has 0 saturated carbocycles. The molecule has 0 radical (unpaired) electrons. The first-order valence-corrected chi connectivity index (χ1v) is 5.77. The molecule has 0 aliphatic carbocycles. The molecular formula is C10H14BrN3O. The summed E-state index contributed by atoms with van der Waals surface area (Å²) in [5, 5.41) is 3.25. The number of nitrogens with one attached hydrogen (secondary N) is 1. The molecule has 2 heterocycles. The van der Waals surface area contributed by atoms with E-state index in [1.807, 2.05) is 6.07 Å². The van der Waals surface area contributed by atoms with Crippen LogP contribution in [0.5, 0.6) is 0 Å². The monoisotopic (exact) mass is 271 g/mol. The molecule has 1 aromatic rings. The van der Waals surface area contributed by atoms with E-state index < -0.39 is 0 Å². The van der Waals surface area contributed by atoms with Gasteiger partial charge in [0, 0.05) is 29.7 Å². The van der Waals surface area contributed by atoms with Crippen LogP contribution in [0.1, 0.15) is 6.42 Å². The SMILES string of the molecule is Nc1cc(Br)cnc1NCC1CCOC1. The van der Waals surface area contributed by atoms with Crippen LogP contribution in [-0.2, 0) is 4.74 Å². The van der Waals surface area contributed by atoms with Crippen LogP contribution in [0.15, 0.2) is 16.7 Å². The lowest BCUT2D eigenvalue weighted by Gasteiger charge is -2.11. The van der Waals surface area contributed by atoms with Crippen molar-refractivity contribution in [2.75, 3.05) is 30.8 Å². The van der Waals surface area contributed by atoms with Crippen LogP contribution in [0.2, 0.25) is 0 Å². The van der Waals surface area contributed by atoms with Crippen molar-refractivity contribution in [3.05, 3.63) is 16.7 Å². The third kappa shape index (κ3) is 2.82. The minimum Gasteiger partial charge on any atom is -0.396 e. The first kappa shape index (κ1) is 10.7. The first-order valence-electron chi connectivity index (χ1n) is 4.98. The maximum absolute atomic E-state index is 5.82. The van der Waals surface area contributed by atoms with E-state index >= 15 is 0 Å². The minimum atomic E-state index is 0.579. The molecular weight excluding hydrogens is 258 g/mol. The smallest absolute Gasteiger partial charge is 0.149 e. The van der Waals surface area contributed by atoms with E-state index in [2.05, 4.69) is 26.2 Å². The number of ether oxygens (including phenoxy) is 1. The largest absolute Gasteiger partial charge is 0.396 e. The molecule has 1 aliphatic heterocycles. The Bertz CT molecular complexity index is 339. The number of nitrogens with zero attached hydrogens (tertiary/aromatic N) is 1. The molecule has 4 nitrogen and oxygen atoms in total. The van der Waals surface area contributed by atoms with Gasteiger partial charge in [0.1, 0.15) is 5.82 Å². The predicted molar refractivity (Wildman–Crippen MR) is 63.8 cm³/mol. The van der Waals surface area contributed by atoms with Gasteiger partial charge in [0.25, 0.3) is 0 Å². The molecule has 15 heavy (non-hydrogen) atoms. The number of halogens is 1. The lowest BCUT2D eigenvalue weighted by Crippen LogP contribution is -2.15. The van der Waals surface area contributed by atoms with Crippen LogP contribution in [-0.4, -0.2) is 24.7 Å². The second-order valence-corrected chi connectivity index (χ2v) is 4.62. The quantitative estimate of drug-likeness (QED) is 0.882. The minimum absolute atomic E-state index is 0.579. The van der Waals surface area contributed by atoms with E-state index in [9.17, 15) is 0 Å². The molecule has 82 valence electrons. The summed E-state index contributed by atoms with van der Waals surface area (Å²) >= 11 is 3.32. The molecule has 0 spiro atoms. The number of aromatic nitrogens is 1. The van der Waals surface area contributed by atoms with Crippen molar-refractivity contribution in [1.29, 1.82) is 0 Å². The van der Waals surface area contributed by atoms with Crippen LogP contribution in [0.4, 0.5) is 11.5 Å². The summed E-state index contributed by atoms with van der Waals surface area (Å²) in [6, 6.07) is 1.85. The van der Waals surface area contributed by atoms with Crippen LogP contribution in [0.3, 0.4) is 0 Å². The van der Waals surface area contributed by atoms with Gasteiger partial charge in [-0.15, -0.1) is 0 Å². The number of rotatable bonds is 3. The summed E-state index contributed by atoms with van der Waals surface area (Å²) in [5.74, 6) is 1.33. The van der Waals surface area contributed by atoms with Crippen LogP contribution in [0, 0.1) is 5.92 Å². The predicted octanol–water partition coefficient (Wildman–Crippen LogP) is 1.87. The molecule has 2 rings (SSSR count). The molecule has 0 aromatic carbocycles. The van der Waals surface area contributed by atoms with Crippen LogP contribution in [0.25, 0.3) is 0 Å². The van der Waals surface area contributed by atoms with Gasteiger partial charge >= 0.3 is 0 Å². The zero-order valence-corrected chi connectivity index (χ0v) is 9.96. The molecule has 1 aliphatic rings. The number of hydrogen-bond donors (Lipinski definition) is 2. The Hall–Kier alpha value is -0.810. The molecule has 1 aromatic heterocycles. The third-order valence-corrected chi connectivity index (χ3v) is 2.90. The zero-order valence-electron chi connectivity index (χ0n) is 8.37. The second kappa shape index (κ2) is 4.81. The molecule has 1 atom stereocenters. The Labute approximate surface area is 97.3 Å². The Morgan fingerprint density at radius 2 is 2.53 bits per heavy atom. The fourth-order valence-corrected chi connectivity index (χ4v) is 1.94. The normalized spacial score (nSPS) is 20.5. The number of nitrogen functional groups attached to an aromatic ring is 1. The van der Waals surface area contributed by atoms with Crippen LogP contribution >= 0.6 is 15.9 Å². The highest BCUT2D eigenvalue weighted by Crippen LogP contribution is 2.21. The van der Waals surface area contributed by atoms with Gasteiger partial charge < -0.3 is 15.8 Å². The van der Waals surface area contributed by atoms with Crippen molar-refractivity contribution in [3.63, 3.8) is 0 Å². The summed E-state index contributed by atoms with van der Waals surface area (Å²) < 4.78 is 6.19. The van der Waals surface area contributed by atoms with E-state index in [1.165, 1.54) is 0 Å². The second-order valence-electron chi connectivity index (χ2n) is 3.70. The molecule has 0 bridgehead atoms. The lowest BCUT2D eigenvalue weighted by atomic mass is 10.1. The Balaban J connectivity index is 1.92.